The maximum atomic E-state index is 6.40. The first-order chi connectivity index (χ1) is 7.81. The minimum atomic E-state index is -0.425. The molecule has 0 unspecified atom stereocenters. The highest BCUT2D eigenvalue weighted by Gasteiger charge is 2.28. The second-order valence-corrected chi connectivity index (χ2v) is 4.10. The Morgan fingerprint density at radius 2 is 1.75 bits per heavy atom. The summed E-state index contributed by atoms with van der Waals surface area (Å²) in [5.74, 6) is 0. The molecule has 2 heterocycles. The molecule has 1 aromatic rings. The third kappa shape index (κ3) is 2.78. The van der Waals surface area contributed by atoms with E-state index in [0.29, 0.717) is 26.4 Å². The molecule has 0 saturated carbocycles. The molecule has 0 radical (unpaired) electrons. The van der Waals surface area contributed by atoms with Gasteiger partial charge in [0.05, 0.1) is 24.4 Å². The van der Waals surface area contributed by atoms with Gasteiger partial charge in [-0.15, -0.1) is 0 Å². The Kier molecular flexibility index (Phi) is 3.88. The van der Waals surface area contributed by atoms with Gasteiger partial charge in [0, 0.05) is 19.4 Å². The van der Waals surface area contributed by atoms with Gasteiger partial charge in [-0.3, -0.25) is 4.98 Å². The molecule has 0 bridgehead atoms. The molecule has 2 N–H and O–H groups in total. The number of pyridine rings is 1. The summed E-state index contributed by atoms with van der Waals surface area (Å²) in [6, 6.07) is 5.83. The molecule has 1 aliphatic rings. The minimum absolute atomic E-state index is 0.425. The first-order valence-corrected chi connectivity index (χ1v) is 5.67. The van der Waals surface area contributed by atoms with Crippen LogP contribution in [0, 0.1) is 0 Å². The highest BCUT2D eigenvalue weighted by Crippen LogP contribution is 2.24. The van der Waals surface area contributed by atoms with Crippen LogP contribution in [0.15, 0.2) is 24.4 Å². The number of hydrogen-bond acceptors (Lipinski definition) is 4. The summed E-state index contributed by atoms with van der Waals surface area (Å²) >= 11 is 0. The zero-order valence-electron chi connectivity index (χ0n) is 9.39. The average molecular weight is 222 g/mol. The fourth-order valence-corrected chi connectivity index (χ4v) is 1.87. The van der Waals surface area contributed by atoms with Gasteiger partial charge in [-0.05, 0) is 25.0 Å². The molecule has 4 heteroatoms. The molecule has 1 aromatic heterocycles. The summed E-state index contributed by atoms with van der Waals surface area (Å²) in [4.78, 5) is 4.34. The zero-order valence-corrected chi connectivity index (χ0v) is 9.39. The van der Waals surface area contributed by atoms with Crippen molar-refractivity contribution in [2.45, 2.75) is 18.4 Å². The Morgan fingerprint density at radius 3 is 2.31 bits per heavy atom. The Balaban J connectivity index is 2.13. The number of hydrogen-bond donors (Lipinski definition) is 1. The van der Waals surface area contributed by atoms with E-state index in [1.807, 2.05) is 18.2 Å². The Hall–Kier alpha value is -0.970. The van der Waals surface area contributed by atoms with E-state index in [2.05, 4.69) is 4.98 Å². The SMILES string of the molecule is NC1(c2ccccn2)CCOCCOCC1. The van der Waals surface area contributed by atoms with Crippen molar-refractivity contribution in [2.24, 2.45) is 5.73 Å². The quantitative estimate of drug-likeness (QED) is 0.772. The number of rotatable bonds is 1. The van der Waals surface area contributed by atoms with Gasteiger partial charge in [-0.25, -0.2) is 0 Å². The molecule has 0 aliphatic carbocycles. The second-order valence-electron chi connectivity index (χ2n) is 4.10. The lowest BCUT2D eigenvalue weighted by atomic mass is 9.89. The monoisotopic (exact) mass is 222 g/mol. The lowest BCUT2D eigenvalue weighted by Crippen LogP contribution is -2.39. The summed E-state index contributed by atoms with van der Waals surface area (Å²) in [6.45, 7) is 2.63. The smallest absolute Gasteiger partial charge is 0.0700 e. The Bertz CT molecular complexity index is 306. The van der Waals surface area contributed by atoms with Crippen molar-refractivity contribution >= 4 is 0 Å². The van der Waals surface area contributed by atoms with Crippen molar-refractivity contribution in [3.63, 3.8) is 0 Å². The summed E-state index contributed by atoms with van der Waals surface area (Å²) < 4.78 is 10.9. The molecule has 1 aliphatic heterocycles. The molecular formula is C12H18N2O2. The van der Waals surface area contributed by atoms with Gasteiger partial charge in [0.15, 0.2) is 0 Å². The van der Waals surface area contributed by atoms with Crippen LogP contribution in [-0.2, 0) is 15.0 Å². The molecule has 0 aromatic carbocycles. The topological polar surface area (TPSA) is 57.4 Å². The van der Waals surface area contributed by atoms with E-state index >= 15 is 0 Å². The van der Waals surface area contributed by atoms with Crippen molar-refractivity contribution in [3.05, 3.63) is 30.1 Å². The lowest BCUT2D eigenvalue weighted by molar-refractivity contribution is 0.0584. The summed E-state index contributed by atoms with van der Waals surface area (Å²) in [7, 11) is 0. The van der Waals surface area contributed by atoms with Gasteiger partial charge in [-0.1, -0.05) is 6.07 Å². The number of aromatic nitrogens is 1. The largest absolute Gasteiger partial charge is 0.379 e. The van der Waals surface area contributed by atoms with Crippen LogP contribution in [0.2, 0.25) is 0 Å². The fourth-order valence-electron chi connectivity index (χ4n) is 1.87. The lowest BCUT2D eigenvalue weighted by Gasteiger charge is -2.28. The maximum absolute atomic E-state index is 6.40. The molecule has 0 amide bonds. The van der Waals surface area contributed by atoms with E-state index in [1.165, 1.54) is 0 Å². The maximum Gasteiger partial charge on any atom is 0.0700 e. The number of ether oxygens (including phenoxy) is 2. The van der Waals surface area contributed by atoms with Crippen molar-refractivity contribution < 1.29 is 9.47 Å². The third-order valence-electron chi connectivity index (χ3n) is 2.93. The van der Waals surface area contributed by atoms with Crippen LogP contribution in [0.25, 0.3) is 0 Å². The third-order valence-corrected chi connectivity index (χ3v) is 2.93. The minimum Gasteiger partial charge on any atom is -0.379 e. The van der Waals surface area contributed by atoms with E-state index < -0.39 is 5.54 Å². The van der Waals surface area contributed by atoms with E-state index in [1.54, 1.807) is 6.20 Å². The first-order valence-electron chi connectivity index (χ1n) is 5.67. The van der Waals surface area contributed by atoms with Gasteiger partial charge in [-0.2, -0.15) is 0 Å². The number of nitrogens with zero attached hydrogens (tertiary/aromatic N) is 1. The standard InChI is InChI=1S/C12H18N2O2/c13-12(11-3-1-2-6-14-11)4-7-15-9-10-16-8-5-12/h1-3,6H,4-5,7-10,13H2. The molecule has 0 atom stereocenters. The number of nitrogens with two attached hydrogens (primary N) is 1. The van der Waals surface area contributed by atoms with Gasteiger partial charge < -0.3 is 15.2 Å². The Labute approximate surface area is 95.8 Å². The van der Waals surface area contributed by atoms with Crippen LogP contribution in [-0.4, -0.2) is 31.4 Å². The predicted molar refractivity (Wildman–Crippen MR) is 61.0 cm³/mol. The highest BCUT2D eigenvalue weighted by atomic mass is 16.5. The zero-order chi connectivity index (χ0) is 11.3. The molecule has 0 spiro atoms. The van der Waals surface area contributed by atoms with Crippen molar-refractivity contribution in [1.82, 2.24) is 4.98 Å². The van der Waals surface area contributed by atoms with Gasteiger partial charge in [0.25, 0.3) is 0 Å². The molecule has 88 valence electrons. The highest BCUT2D eigenvalue weighted by molar-refractivity contribution is 5.15. The van der Waals surface area contributed by atoms with Crippen LogP contribution in [0.5, 0.6) is 0 Å². The van der Waals surface area contributed by atoms with Crippen LogP contribution >= 0.6 is 0 Å². The normalized spacial score (nSPS) is 21.8. The Morgan fingerprint density at radius 1 is 1.06 bits per heavy atom. The van der Waals surface area contributed by atoms with Crippen LogP contribution in [0.4, 0.5) is 0 Å². The molecule has 16 heavy (non-hydrogen) atoms. The van der Waals surface area contributed by atoms with Gasteiger partial charge >= 0.3 is 0 Å². The van der Waals surface area contributed by atoms with E-state index in [-0.39, 0.29) is 0 Å². The van der Waals surface area contributed by atoms with E-state index in [4.69, 9.17) is 15.2 Å². The first kappa shape index (κ1) is 11.5. The van der Waals surface area contributed by atoms with Crippen molar-refractivity contribution in [3.8, 4) is 0 Å². The van der Waals surface area contributed by atoms with Crippen molar-refractivity contribution in [2.75, 3.05) is 26.4 Å². The molecule has 1 saturated heterocycles. The van der Waals surface area contributed by atoms with Crippen LogP contribution < -0.4 is 5.73 Å². The van der Waals surface area contributed by atoms with E-state index in [9.17, 15) is 0 Å². The predicted octanol–water partition coefficient (Wildman–Crippen LogP) is 1.06. The van der Waals surface area contributed by atoms with Crippen LogP contribution in [0.1, 0.15) is 18.5 Å². The summed E-state index contributed by atoms with van der Waals surface area (Å²) in [6.07, 6.45) is 3.35. The summed E-state index contributed by atoms with van der Waals surface area (Å²) in [5.41, 5.74) is 6.89. The van der Waals surface area contributed by atoms with Crippen LogP contribution in [0.3, 0.4) is 0 Å². The van der Waals surface area contributed by atoms with Crippen molar-refractivity contribution in [1.29, 1.82) is 0 Å². The molecule has 1 fully saturated rings. The average Bonchev–Trinajstić information content (AvgIpc) is 2.43. The molecule has 4 nitrogen and oxygen atoms in total. The summed E-state index contributed by atoms with van der Waals surface area (Å²) in [5, 5.41) is 0. The van der Waals surface area contributed by atoms with E-state index in [0.717, 1.165) is 18.5 Å². The van der Waals surface area contributed by atoms with Gasteiger partial charge in [0.1, 0.15) is 0 Å². The molecule has 2 rings (SSSR count). The molecular weight excluding hydrogens is 204 g/mol. The fraction of sp³-hybridized carbons (Fsp3) is 0.583. The second kappa shape index (κ2) is 5.39. The van der Waals surface area contributed by atoms with Gasteiger partial charge in [0.2, 0.25) is 0 Å².